The minimum Gasteiger partial charge on any atom is -0.323 e. The van der Waals surface area contributed by atoms with Gasteiger partial charge in [0.05, 0.1) is 17.6 Å². The Hall–Kier alpha value is -0.440. The quantitative estimate of drug-likeness (QED) is 0.631. The first kappa shape index (κ1) is 7.22. The summed E-state index contributed by atoms with van der Waals surface area (Å²) in [4.78, 5) is 4.14. The molecule has 2 rings (SSSR count). The van der Waals surface area contributed by atoms with Gasteiger partial charge in [0, 0.05) is 6.04 Å². The zero-order valence-electron chi connectivity index (χ0n) is 6.66. The second-order valence-electron chi connectivity index (χ2n) is 2.93. The van der Waals surface area contributed by atoms with E-state index in [4.69, 9.17) is 0 Å². The van der Waals surface area contributed by atoms with Crippen LogP contribution in [0.5, 0.6) is 0 Å². The highest BCUT2D eigenvalue weighted by molar-refractivity contribution is 7.98. The Morgan fingerprint density at radius 1 is 1.64 bits per heavy atom. The van der Waals surface area contributed by atoms with Crippen molar-refractivity contribution in [2.24, 2.45) is 0 Å². The number of rotatable bonds is 2. The number of nitrogens with zero attached hydrogens (tertiary/aromatic N) is 2. The maximum Gasteiger partial charge on any atom is 0.0957 e. The molecule has 0 atom stereocenters. The van der Waals surface area contributed by atoms with E-state index in [0.717, 1.165) is 6.04 Å². The standard InChI is InChI=1S/C8H12N2S/c1-11-8-5-9-6-10(8)7-3-2-4-7/h5-7H,2-4H2,1H3. The summed E-state index contributed by atoms with van der Waals surface area (Å²) in [7, 11) is 0. The minimum absolute atomic E-state index is 0.750. The molecule has 1 heterocycles. The number of thioether (sulfide) groups is 1. The first-order valence-corrected chi connectivity index (χ1v) is 5.20. The molecule has 0 aromatic carbocycles. The lowest BCUT2D eigenvalue weighted by atomic mass is 9.93. The van der Waals surface area contributed by atoms with E-state index < -0.39 is 0 Å². The van der Waals surface area contributed by atoms with Gasteiger partial charge in [-0.15, -0.1) is 11.8 Å². The Kier molecular flexibility index (Phi) is 1.90. The molecule has 0 aliphatic heterocycles. The second kappa shape index (κ2) is 2.89. The molecule has 11 heavy (non-hydrogen) atoms. The summed E-state index contributed by atoms with van der Waals surface area (Å²) < 4.78 is 2.30. The lowest BCUT2D eigenvalue weighted by molar-refractivity contribution is 0.299. The summed E-state index contributed by atoms with van der Waals surface area (Å²) in [6.45, 7) is 0. The highest BCUT2D eigenvalue weighted by atomic mass is 32.2. The van der Waals surface area contributed by atoms with E-state index in [1.54, 1.807) is 11.8 Å². The van der Waals surface area contributed by atoms with Crippen molar-refractivity contribution in [1.29, 1.82) is 0 Å². The van der Waals surface area contributed by atoms with E-state index in [1.807, 2.05) is 12.5 Å². The van der Waals surface area contributed by atoms with Crippen molar-refractivity contribution < 1.29 is 0 Å². The first-order valence-electron chi connectivity index (χ1n) is 3.97. The van der Waals surface area contributed by atoms with Crippen LogP contribution in [0.1, 0.15) is 25.3 Å². The molecule has 1 fully saturated rings. The number of hydrogen-bond donors (Lipinski definition) is 0. The predicted molar refractivity (Wildman–Crippen MR) is 46.9 cm³/mol. The van der Waals surface area contributed by atoms with Gasteiger partial charge in [0.1, 0.15) is 0 Å². The lowest BCUT2D eigenvalue weighted by Gasteiger charge is -2.27. The van der Waals surface area contributed by atoms with Crippen molar-refractivity contribution >= 4 is 11.8 Å². The van der Waals surface area contributed by atoms with Crippen LogP contribution >= 0.6 is 11.8 Å². The van der Waals surface area contributed by atoms with Crippen LogP contribution in [0, 0.1) is 0 Å². The average Bonchev–Trinajstić information content (AvgIpc) is 2.32. The molecule has 1 aromatic rings. The molecule has 2 nitrogen and oxygen atoms in total. The van der Waals surface area contributed by atoms with Crippen LogP contribution in [0.2, 0.25) is 0 Å². The molecular weight excluding hydrogens is 156 g/mol. The van der Waals surface area contributed by atoms with Gasteiger partial charge in [-0.25, -0.2) is 4.98 Å². The third-order valence-corrected chi connectivity index (χ3v) is 3.04. The van der Waals surface area contributed by atoms with Gasteiger partial charge in [-0.2, -0.15) is 0 Å². The van der Waals surface area contributed by atoms with Gasteiger partial charge in [0.15, 0.2) is 0 Å². The second-order valence-corrected chi connectivity index (χ2v) is 3.75. The number of hydrogen-bond acceptors (Lipinski definition) is 2. The maximum absolute atomic E-state index is 4.14. The third-order valence-electron chi connectivity index (χ3n) is 2.31. The number of aromatic nitrogens is 2. The molecule has 1 aliphatic rings. The van der Waals surface area contributed by atoms with E-state index >= 15 is 0 Å². The minimum atomic E-state index is 0.750. The van der Waals surface area contributed by atoms with Crippen molar-refractivity contribution in [3.8, 4) is 0 Å². The van der Waals surface area contributed by atoms with Gasteiger partial charge in [-0.3, -0.25) is 0 Å². The van der Waals surface area contributed by atoms with Crippen molar-refractivity contribution in [2.45, 2.75) is 30.3 Å². The summed E-state index contributed by atoms with van der Waals surface area (Å²) >= 11 is 1.78. The van der Waals surface area contributed by atoms with Crippen LogP contribution in [0.4, 0.5) is 0 Å². The van der Waals surface area contributed by atoms with E-state index in [0.29, 0.717) is 0 Å². The largest absolute Gasteiger partial charge is 0.323 e. The van der Waals surface area contributed by atoms with Crippen LogP contribution in [0.25, 0.3) is 0 Å². The Morgan fingerprint density at radius 3 is 3.00 bits per heavy atom. The molecule has 0 unspecified atom stereocenters. The normalized spacial score (nSPS) is 18.3. The maximum atomic E-state index is 4.14. The van der Waals surface area contributed by atoms with E-state index in [-0.39, 0.29) is 0 Å². The monoisotopic (exact) mass is 168 g/mol. The molecule has 1 aromatic heterocycles. The Balaban J connectivity index is 2.20. The molecular formula is C8H12N2S. The molecule has 0 amide bonds. The third kappa shape index (κ3) is 1.18. The fourth-order valence-electron chi connectivity index (χ4n) is 1.39. The van der Waals surface area contributed by atoms with Gasteiger partial charge in [-0.1, -0.05) is 0 Å². The summed E-state index contributed by atoms with van der Waals surface area (Å²) in [5.41, 5.74) is 0. The van der Waals surface area contributed by atoms with Crippen molar-refractivity contribution in [3.63, 3.8) is 0 Å². The van der Waals surface area contributed by atoms with Crippen molar-refractivity contribution in [3.05, 3.63) is 12.5 Å². The molecule has 0 spiro atoms. The van der Waals surface area contributed by atoms with Gasteiger partial charge in [0.2, 0.25) is 0 Å². The van der Waals surface area contributed by atoms with Crippen LogP contribution in [-0.2, 0) is 0 Å². The molecule has 0 bridgehead atoms. The first-order chi connectivity index (χ1) is 5.42. The summed E-state index contributed by atoms with van der Waals surface area (Å²) in [6.07, 6.45) is 10.1. The van der Waals surface area contributed by atoms with E-state index in [1.165, 1.54) is 24.3 Å². The zero-order valence-corrected chi connectivity index (χ0v) is 7.47. The van der Waals surface area contributed by atoms with Gasteiger partial charge in [-0.05, 0) is 25.5 Å². The topological polar surface area (TPSA) is 17.8 Å². The van der Waals surface area contributed by atoms with Crippen LogP contribution in [-0.4, -0.2) is 15.8 Å². The zero-order chi connectivity index (χ0) is 7.68. The van der Waals surface area contributed by atoms with E-state index in [9.17, 15) is 0 Å². The van der Waals surface area contributed by atoms with Crippen LogP contribution < -0.4 is 0 Å². The van der Waals surface area contributed by atoms with Crippen molar-refractivity contribution in [1.82, 2.24) is 9.55 Å². The number of imidazole rings is 1. The SMILES string of the molecule is CSc1cncn1C1CCC1. The fraction of sp³-hybridized carbons (Fsp3) is 0.625. The summed E-state index contributed by atoms with van der Waals surface area (Å²) in [6, 6.07) is 0.750. The summed E-state index contributed by atoms with van der Waals surface area (Å²) in [5, 5.41) is 1.30. The fourth-order valence-corrected chi connectivity index (χ4v) is 1.96. The molecule has 0 saturated heterocycles. The molecule has 0 N–H and O–H groups in total. The molecule has 0 radical (unpaired) electrons. The Labute approximate surface area is 71.0 Å². The van der Waals surface area contributed by atoms with Gasteiger partial charge < -0.3 is 4.57 Å². The Bertz CT molecular complexity index is 240. The Morgan fingerprint density at radius 2 is 2.45 bits per heavy atom. The highest BCUT2D eigenvalue weighted by Crippen LogP contribution is 2.34. The molecule has 3 heteroatoms. The molecule has 1 saturated carbocycles. The highest BCUT2D eigenvalue weighted by Gasteiger charge is 2.20. The molecule has 60 valence electrons. The average molecular weight is 168 g/mol. The van der Waals surface area contributed by atoms with E-state index in [2.05, 4.69) is 15.8 Å². The summed E-state index contributed by atoms with van der Waals surface area (Å²) in [5.74, 6) is 0. The lowest BCUT2D eigenvalue weighted by Crippen LogP contribution is -2.16. The van der Waals surface area contributed by atoms with Gasteiger partial charge in [0.25, 0.3) is 0 Å². The smallest absolute Gasteiger partial charge is 0.0957 e. The van der Waals surface area contributed by atoms with Crippen LogP contribution in [0.15, 0.2) is 17.6 Å². The molecule has 1 aliphatic carbocycles. The van der Waals surface area contributed by atoms with Crippen LogP contribution in [0.3, 0.4) is 0 Å². The van der Waals surface area contributed by atoms with Crippen molar-refractivity contribution in [2.75, 3.05) is 6.26 Å². The predicted octanol–water partition coefficient (Wildman–Crippen LogP) is 2.33. The van der Waals surface area contributed by atoms with Gasteiger partial charge >= 0.3 is 0 Å².